The number of aryl methyl sites for hydroxylation is 2. The molecule has 0 radical (unpaired) electrons. The number of rotatable bonds is 5. The highest BCUT2D eigenvalue weighted by Gasteiger charge is 2.10. The highest BCUT2D eigenvalue weighted by Crippen LogP contribution is 2.18. The normalized spacial score (nSPS) is 12.0. The first kappa shape index (κ1) is 13.5. The Labute approximate surface area is 101 Å². The van der Waals surface area contributed by atoms with Crippen LogP contribution in [0.25, 0.3) is 0 Å². The standard InChI is InChI=1S/C9H16ClN3O2S/c1-7-9(10)8(13(2)12-7)6-11-4-5-16(3,14)15/h11H,4-6H2,1-3H3. The molecule has 0 aliphatic carbocycles. The van der Waals surface area contributed by atoms with Gasteiger partial charge < -0.3 is 5.32 Å². The fraction of sp³-hybridized carbons (Fsp3) is 0.667. The molecular formula is C9H16ClN3O2S. The molecule has 1 aromatic heterocycles. The Hall–Kier alpha value is -0.590. The number of hydrogen-bond donors (Lipinski definition) is 1. The van der Waals surface area contributed by atoms with Gasteiger partial charge in [0.2, 0.25) is 0 Å². The van der Waals surface area contributed by atoms with Gasteiger partial charge in [-0.3, -0.25) is 4.68 Å². The van der Waals surface area contributed by atoms with Gasteiger partial charge in [-0.1, -0.05) is 11.6 Å². The molecule has 0 fully saturated rings. The fourth-order valence-corrected chi connectivity index (χ4v) is 2.08. The molecule has 7 heteroatoms. The van der Waals surface area contributed by atoms with E-state index >= 15 is 0 Å². The Balaban J connectivity index is 2.49. The van der Waals surface area contributed by atoms with Crippen LogP contribution in [-0.2, 0) is 23.4 Å². The lowest BCUT2D eigenvalue weighted by Crippen LogP contribution is -2.23. The van der Waals surface area contributed by atoms with Crippen molar-refractivity contribution in [2.45, 2.75) is 13.5 Å². The van der Waals surface area contributed by atoms with Crippen LogP contribution in [0.3, 0.4) is 0 Å². The molecule has 92 valence electrons. The maximum absolute atomic E-state index is 10.9. The summed E-state index contributed by atoms with van der Waals surface area (Å²) in [6.45, 7) is 2.77. The molecule has 1 heterocycles. The molecule has 5 nitrogen and oxygen atoms in total. The van der Waals surface area contributed by atoms with Crippen LogP contribution in [0, 0.1) is 6.92 Å². The third-order valence-electron chi connectivity index (χ3n) is 2.20. The average Bonchev–Trinajstić information content (AvgIpc) is 2.36. The molecule has 0 saturated heterocycles. The molecule has 0 aromatic carbocycles. The first-order valence-electron chi connectivity index (χ1n) is 4.87. The van der Waals surface area contributed by atoms with Crippen LogP contribution in [0.15, 0.2) is 0 Å². The number of hydrogen-bond acceptors (Lipinski definition) is 4. The SMILES string of the molecule is Cc1nn(C)c(CNCCS(C)(=O)=O)c1Cl. The minimum absolute atomic E-state index is 0.126. The van der Waals surface area contributed by atoms with E-state index < -0.39 is 9.84 Å². The first-order chi connectivity index (χ1) is 7.31. The summed E-state index contributed by atoms with van der Waals surface area (Å²) in [6, 6.07) is 0. The van der Waals surface area contributed by atoms with Crippen LogP contribution in [-0.4, -0.2) is 36.8 Å². The van der Waals surface area contributed by atoms with E-state index in [4.69, 9.17) is 11.6 Å². The highest BCUT2D eigenvalue weighted by molar-refractivity contribution is 7.90. The summed E-state index contributed by atoms with van der Waals surface area (Å²) >= 11 is 6.04. The van der Waals surface area contributed by atoms with Crippen LogP contribution in [0.1, 0.15) is 11.4 Å². The lowest BCUT2D eigenvalue weighted by atomic mass is 10.3. The van der Waals surface area contributed by atoms with Gasteiger partial charge >= 0.3 is 0 Å². The zero-order chi connectivity index (χ0) is 12.3. The molecule has 0 atom stereocenters. The number of nitrogens with one attached hydrogen (secondary N) is 1. The molecule has 0 aliphatic heterocycles. The summed E-state index contributed by atoms with van der Waals surface area (Å²) in [4.78, 5) is 0. The number of sulfone groups is 1. The smallest absolute Gasteiger partial charge is 0.148 e. The van der Waals surface area contributed by atoms with Crippen LogP contribution in [0.2, 0.25) is 5.02 Å². The van der Waals surface area contributed by atoms with Gasteiger partial charge in [0, 0.05) is 26.4 Å². The average molecular weight is 266 g/mol. The number of halogens is 1. The van der Waals surface area contributed by atoms with Gasteiger partial charge in [-0.2, -0.15) is 5.10 Å². The van der Waals surface area contributed by atoms with E-state index in [2.05, 4.69) is 10.4 Å². The maximum Gasteiger partial charge on any atom is 0.148 e. The van der Waals surface area contributed by atoms with Crippen molar-refractivity contribution < 1.29 is 8.42 Å². The molecule has 1 N–H and O–H groups in total. The van der Waals surface area contributed by atoms with Crippen molar-refractivity contribution in [3.05, 3.63) is 16.4 Å². The largest absolute Gasteiger partial charge is 0.310 e. The summed E-state index contributed by atoms with van der Waals surface area (Å²) in [6.07, 6.45) is 1.22. The molecule has 1 aromatic rings. The second kappa shape index (κ2) is 5.16. The van der Waals surface area contributed by atoms with Crippen molar-refractivity contribution in [1.82, 2.24) is 15.1 Å². The third-order valence-corrected chi connectivity index (χ3v) is 3.64. The van der Waals surface area contributed by atoms with E-state index in [1.807, 2.05) is 14.0 Å². The quantitative estimate of drug-likeness (QED) is 0.789. The molecule has 0 amide bonds. The fourth-order valence-electron chi connectivity index (χ4n) is 1.34. The minimum Gasteiger partial charge on any atom is -0.310 e. The van der Waals surface area contributed by atoms with Crippen molar-refractivity contribution in [2.75, 3.05) is 18.6 Å². The Bertz CT molecular complexity index is 467. The number of nitrogens with zero attached hydrogens (tertiary/aromatic N) is 2. The number of aromatic nitrogens is 2. The molecule has 0 bridgehead atoms. The summed E-state index contributed by atoms with van der Waals surface area (Å²) in [5.74, 6) is 0.126. The minimum atomic E-state index is -2.91. The second-order valence-corrected chi connectivity index (χ2v) is 6.41. The molecule has 0 saturated carbocycles. The Morgan fingerprint density at radius 1 is 1.50 bits per heavy atom. The van der Waals surface area contributed by atoms with Crippen molar-refractivity contribution in [2.24, 2.45) is 7.05 Å². The van der Waals surface area contributed by atoms with Crippen molar-refractivity contribution in [1.29, 1.82) is 0 Å². The third kappa shape index (κ3) is 3.77. The van der Waals surface area contributed by atoms with Crippen molar-refractivity contribution >= 4 is 21.4 Å². The highest BCUT2D eigenvalue weighted by atomic mass is 35.5. The Morgan fingerprint density at radius 3 is 2.56 bits per heavy atom. The summed E-state index contributed by atoms with van der Waals surface area (Å²) in [5, 5.41) is 7.83. The second-order valence-electron chi connectivity index (χ2n) is 3.78. The zero-order valence-corrected chi connectivity index (χ0v) is 11.2. The predicted molar refractivity (Wildman–Crippen MR) is 64.4 cm³/mol. The van der Waals surface area contributed by atoms with E-state index in [-0.39, 0.29) is 5.75 Å². The van der Waals surface area contributed by atoms with Crippen LogP contribution in [0.5, 0.6) is 0 Å². The summed E-state index contributed by atoms with van der Waals surface area (Å²) < 4.78 is 23.5. The van der Waals surface area contributed by atoms with Gasteiger partial charge in [0.05, 0.1) is 22.2 Å². The van der Waals surface area contributed by atoms with Crippen molar-refractivity contribution in [3.63, 3.8) is 0 Å². The maximum atomic E-state index is 10.9. The van der Waals surface area contributed by atoms with Crippen molar-refractivity contribution in [3.8, 4) is 0 Å². The van der Waals surface area contributed by atoms with E-state index in [1.54, 1.807) is 4.68 Å². The van der Waals surface area contributed by atoms with Crippen LogP contribution >= 0.6 is 11.6 Å². The van der Waals surface area contributed by atoms with Crippen LogP contribution in [0.4, 0.5) is 0 Å². The molecule has 16 heavy (non-hydrogen) atoms. The monoisotopic (exact) mass is 265 g/mol. The summed E-state index contributed by atoms with van der Waals surface area (Å²) in [5.41, 5.74) is 1.65. The van der Waals surface area contributed by atoms with E-state index in [1.165, 1.54) is 6.26 Å². The lowest BCUT2D eigenvalue weighted by molar-refractivity contribution is 0.592. The lowest BCUT2D eigenvalue weighted by Gasteiger charge is -2.04. The molecular weight excluding hydrogens is 250 g/mol. The first-order valence-corrected chi connectivity index (χ1v) is 7.31. The molecule has 0 spiro atoms. The van der Waals surface area contributed by atoms with E-state index in [0.29, 0.717) is 18.1 Å². The Kier molecular flexibility index (Phi) is 4.35. The topological polar surface area (TPSA) is 64.0 Å². The van der Waals surface area contributed by atoms with Gasteiger partial charge in [0.1, 0.15) is 9.84 Å². The zero-order valence-electron chi connectivity index (χ0n) is 9.62. The van der Waals surface area contributed by atoms with E-state index in [9.17, 15) is 8.42 Å². The van der Waals surface area contributed by atoms with Gasteiger partial charge in [0.25, 0.3) is 0 Å². The van der Waals surface area contributed by atoms with Gasteiger partial charge in [-0.15, -0.1) is 0 Å². The van der Waals surface area contributed by atoms with Crippen LogP contribution < -0.4 is 5.32 Å². The molecule has 0 aliphatic rings. The predicted octanol–water partition coefficient (Wildman–Crippen LogP) is 0.516. The Morgan fingerprint density at radius 2 is 2.12 bits per heavy atom. The molecule has 0 unspecified atom stereocenters. The van der Waals surface area contributed by atoms with Gasteiger partial charge in [0.15, 0.2) is 0 Å². The molecule has 1 rings (SSSR count). The summed E-state index contributed by atoms with van der Waals surface area (Å²) in [7, 11) is -1.10. The van der Waals surface area contributed by atoms with Gasteiger partial charge in [-0.25, -0.2) is 8.42 Å². The van der Waals surface area contributed by atoms with Gasteiger partial charge in [-0.05, 0) is 6.92 Å². The van der Waals surface area contributed by atoms with E-state index in [0.717, 1.165) is 11.4 Å².